The van der Waals surface area contributed by atoms with Crippen molar-refractivity contribution in [1.29, 1.82) is 0 Å². The van der Waals surface area contributed by atoms with Crippen molar-refractivity contribution < 1.29 is 27.9 Å². The third-order valence-corrected chi connectivity index (χ3v) is 2.80. The number of nitrogens with one attached hydrogen (secondary N) is 2. The molecule has 0 radical (unpaired) electrons. The third kappa shape index (κ3) is 8.02. The van der Waals surface area contributed by atoms with Gasteiger partial charge in [0.05, 0.1) is 24.0 Å². The van der Waals surface area contributed by atoms with E-state index in [1.54, 1.807) is 0 Å². The number of anilines is 1. The van der Waals surface area contributed by atoms with Gasteiger partial charge in [-0.05, 0) is 23.9 Å². The number of aromatic nitrogens is 1. The molecule has 0 aliphatic rings. The van der Waals surface area contributed by atoms with Crippen molar-refractivity contribution in [2.45, 2.75) is 11.9 Å². The van der Waals surface area contributed by atoms with Crippen molar-refractivity contribution in [3.05, 3.63) is 24.0 Å². The lowest BCUT2D eigenvalue weighted by Gasteiger charge is -2.08. The van der Waals surface area contributed by atoms with Gasteiger partial charge in [-0.15, -0.1) is 0 Å². The minimum atomic E-state index is -4.32. The molecule has 1 aromatic heterocycles. The molecule has 1 rings (SSSR count). The molecule has 0 spiro atoms. The zero-order chi connectivity index (χ0) is 15.9. The van der Waals surface area contributed by atoms with Gasteiger partial charge in [-0.1, -0.05) is 0 Å². The van der Waals surface area contributed by atoms with Crippen LogP contribution in [0.2, 0.25) is 0 Å². The quantitative estimate of drug-likeness (QED) is 0.697. The van der Waals surface area contributed by atoms with E-state index in [4.69, 9.17) is 5.11 Å². The Morgan fingerprint density at radius 2 is 2.05 bits per heavy atom. The maximum atomic E-state index is 11.8. The van der Waals surface area contributed by atoms with Gasteiger partial charge in [-0.2, -0.15) is 13.2 Å². The summed E-state index contributed by atoms with van der Waals surface area (Å²) in [5.41, 5.74) is -3.68. The monoisotopic (exact) mass is 323 g/mol. The van der Waals surface area contributed by atoms with Gasteiger partial charge in [-0.25, -0.2) is 4.79 Å². The number of carbonyl (C=O) groups is 2. The molecule has 1 heterocycles. The van der Waals surface area contributed by atoms with Crippen LogP contribution in [-0.4, -0.2) is 39.9 Å². The van der Waals surface area contributed by atoms with Crippen molar-refractivity contribution >= 4 is 29.4 Å². The summed E-state index contributed by atoms with van der Waals surface area (Å²) in [7, 11) is 0. The van der Waals surface area contributed by atoms with Crippen LogP contribution in [0.4, 0.5) is 23.7 Å². The molecule has 6 nitrogen and oxygen atoms in total. The van der Waals surface area contributed by atoms with E-state index in [0.29, 0.717) is 11.4 Å². The van der Waals surface area contributed by atoms with Crippen LogP contribution in [-0.2, 0) is 11.2 Å². The van der Waals surface area contributed by atoms with Gasteiger partial charge in [0.2, 0.25) is 0 Å². The first-order valence-corrected chi connectivity index (χ1v) is 6.67. The standard InChI is InChI=1S/C11H12F3N3O3S/c12-11(13,14)21-4-3-15-10(20)17-8-2-1-7(16-6-8)5-9(18)19/h1-2,6H,3-5H2,(H,18,19)(H2,15,17,20). The topological polar surface area (TPSA) is 91.3 Å². The number of aliphatic carboxylic acids is 1. The highest BCUT2D eigenvalue weighted by Crippen LogP contribution is 2.29. The lowest BCUT2D eigenvalue weighted by molar-refractivity contribution is -0.136. The maximum absolute atomic E-state index is 11.8. The van der Waals surface area contributed by atoms with Crippen LogP contribution in [0.3, 0.4) is 0 Å². The van der Waals surface area contributed by atoms with Crippen LogP contribution in [0.1, 0.15) is 5.69 Å². The largest absolute Gasteiger partial charge is 0.481 e. The molecule has 0 aliphatic heterocycles. The second-order valence-electron chi connectivity index (χ2n) is 3.78. The average Bonchev–Trinajstić information content (AvgIpc) is 2.35. The van der Waals surface area contributed by atoms with E-state index in [0.717, 1.165) is 0 Å². The van der Waals surface area contributed by atoms with Crippen molar-refractivity contribution in [3.8, 4) is 0 Å². The summed E-state index contributed by atoms with van der Waals surface area (Å²) in [5.74, 6) is -1.31. The molecule has 3 N–H and O–H groups in total. The summed E-state index contributed by atoms with van der Waals surface area (Å²) in [4.78, 5) is 25.6. The Bertz CT molecular complexity index is 494. The van der Waals surface area contributed by atoms with Gasteiger partial charge in [0.15, 0.2) is 0 Å². The molecule has 10 heteroatoms. The van der Waals surface area contributed by atoms with Crippen LogP contribution >= 0.6 is 11.8 Å². The normalized spacial score (nSPS) is 11.0. The maximum Gasteiger partial charge on any atom is 0.441 e. The summed E-state index contributed by atoms with van der Waals surface area (Å²) in [6.07, 6.45) is 1.03. The summed E-state index contributed by atoms with van der Waals surface area (Å²) < 4.78 is 35.5. The Balaban J connectivity index is 2.32. The van der Waals surface area contributed by atoms with E-state index in [-0.39, 0.29) is 30.5 Å². The molecule has 0 saturated heterocycles. The number of carboxylic acids is 1. The number of amides is 2. The average molecular weight is 323 g/mol. The zero-order valence-corrected chi connectivity index (χ0v) is 11.4. The fourth-order valence-corrected chi connectivity index (χ4v) is 1.70. The van der Waals surface area contributed by atoms with Crippen LogP contribution in [0.5, 0.6) is 0 Å². The van der Waals surface area contributed by atoms with Crippen molar-refractivity contribution in [1.82, 2.24) is 10.3 Å². The Morgan fingerprint density at radius 1 is 1.33 bits per heavy atom. The first-order chi connectivity index (χ1) is 9.76. The number of urea groups is 1. The fourth-order valence-electron chi connectivity index (χ4n) is 1.26. The van der Waals surface area contributed by atoms with Gasteiger partial charge in [-0.3, -0.25) is 9.78 Å². The number of pyridine rings is 1. The number of rotatable bonds is 6. The number of halogens is 3. The van der Waals surface area contributed by atoms with Gasteiger partial charge in [0.25, 0.3) is 0 Å². The molecule has 0 atom stereocenters. The molecule has 0 aliphatic carbocycles. The molecule has 116 valence electrons. The minimum Gasteiger partial charge on any atom is -0.481 e. The van der Waals surface area contributed by atoms with Crippen molar-refractivity contribution in [2.75, 3.05) is 17.6 Å². The van der Waals surface area contributed by atoms with E-state index in [9.17, 15) is 22.8 Å². The second kappa shape index (κ2) is 7.72. The number of thioether (sulfide) groups is 1. The highest BCUT2D eigenvalue weighted by molar-refractivity contribution is 8.00. The Morgan fingerprint density at radius 3 is 2.57 bits per heavy atom. The smallest absolute Gasteiger partial charge is 0.441 e. The highest BCUT2D eigenvalue weighted by Gasteiger charge is 2.27. The van der Waals surface area contributed by atoms with E-state index in [2.05, 4.69) is 15.6 Å². The summed E-state index contributed by atoms with van der Waals surface area (Å²) >= 11 is -0.221. The fraction of sp³-hybridized carbons (Fsp3) is 0.364. The Kier molecular flexibility index (Phi) is 6.28. The van der Waals surface area contributed by atoms with Gasteiger partial charge < -0.3 is 15.7 Å². The molecule has 0 aromatic carbocycles. The Hall–Kier alpha value is -1.97. The number of hydrogen-bond acceptors (Lipinski definition) is 4. The molecule has 21 heavy (non-hydrogen) atoms. The number of alkyl halides is 3. The SMILES string of the molecule is O=C(O)Cc1ccc(NC(=O)NCCSC(F)(F)F)cn1. The molecule has 1 aromatic rings. The molecule has 2 amide bonds. The number of carboxylic acid groups (broad SMARTS) is 1. The second-order valence-corrected chi connectivity index (χ2v) is 4.94. The highest BCUT2D eigenvalue weighted by atomic mass is 32.2. The summed E-state index contributed by atoms with van der Waals surface area (Å²) in [6, 6.07) is 2.23. The lowest BCUT2D eigenvalue weighted by atomic mass is 10.2. The van der Waals surface area contributed by atoms with Crippen LogP contribution in [0.15, 0.2) is 18.3 Å². The Labute approximate surface area is 122 Å². The van der Waals surface area contributed by atoms with E-state index in [1.165, 1.54) is 18.3 Å². The number of hydrogen-bond donors (Lipinski definition) is 3. The molecule has 0 fully saturated rings. The van der Waals surface area contributed by atoms with Gasteiger partial charge >= 0.3 is 17.5 Å². The summed E-state index contributed by atoms with van der Waals surface area (Å²) in [6.45, 7) is -0.138. The summed E-state index contributed by atoms with van der Waals surface area (Å²) in [5, 5.41) is 13.2. The first kappa shape index (κ1) is 17.1. The number of nitrogens with zero attached hydrogens (tertiary/aromatic N) is 1. The lowest BCUT2D eigenvalue weighted by Crippen LogP contribution is -2.31. The predicted molar refractivity (Wildman–Crippen MR) is 71.1 cm³/mol. The predicted octanol–water partition coefficient (Wildman–Crippen LogP) is 2.08. The third-order valence-electron chi connectivity index (χ3n) is 2.07. The molecular formula is C11H12F3N3O3S. The van der Waals surface area contributed by atoms with Gasteiger partial charge in [0, 0.05) is 12.3 Å². The zero-order valence-electron chi connectivity index (χ0n) is 10.6. The van der Waals surface area contributed by atoms with E-state index >= 15 is 0 Å². The molecule has 0 unspecified atom stereocenters. The van der Waals surface area contributed by atoms with Crippen LogP contribution in [0, 0.1) is 0 Å². The van der Waals surface area contributed by atoms with E-state index < -0.39 is 17.5 Å². The van der Waals surface area contributed by atoms with Crippen LogP contribution < -0.4 is 10.6 Å². The molecule has 0 bridgehead atoms. The molecular weight excluding hydrogens is 311 g/mol. The minimum absolute atomic E-state index is 0.138. The van der Waals surface area contributed by atoms with Crippen LogP contribution in [0.25, 0.3) is 0 Å². The van der Waals surface area contributed by atoms with Gasteiger partial charge in [0.1, 0.15) is 0 Å². The van der Waals surface area contributed by atoms with Crippen molar-refractivity contribution in [3.63, 3.8) is 0 Å². The number of carbonyl (C=O) groups excluding carboxylic acids is 1. The molecule has 0 saturated carbocycles. The first-order valence-electron chi connectivity index (χ1n) is 5.68. The van der Waals surface area contributed by atoms with Crippen molar-refractivity contribution in [2.24, 2.45) is 0 Å². The van der Waals surface area contributed by atoms with E-state index in [1.807, 2.05) is 0 Å².